The maximum Gasteiger partial charge on any atom is 0.116 e. The van der Waals surface area contributed by atoms with Crippen molar-refractivity contribution in [1.29, 1.82) is 0 Å². The van der Waals surface area contributed by atoms with E-state index in [0.29, 0.717) is 12.2 Å². The standard InChI is InChI=1S/C15H12O2/c16-12-4-6-14-10(8-12)2-1-3-11-9-13(17)5-7-15(11)14/h1-8,16-17H,9H2. The van der Waals surface area contributed by atoms with Crippen molar-refractivity contribution in [3.8, 4) is 5.75 Å². The Hall–Kier alpha value is -2.22. The Kier molecular flexibility index (Phi) is 2.15. The molecule has 2 heteroatoms. The van der Waals surface area contributed by atoms with Crippen LogP contribution in [0.25, 0.3) is 11.6 Å². The molecule has 0 unspecified atom stereocenters. The van der Waals surface area contributed by atoms with Crippen LogP contribution in [0, 0.1) is 0 Å². The minimum absolute atomic E-state index is 0.270. The Bertz CT molecular complexity index is 601. The van der Waals surface area contributed by atoms with Gasteiger partial charge in [0.25, 0.3) is 0 Å². The lowest BCUT2D eigenvalue weighted by molar-refractivity contribution is 0.398. The zero-order valence-corrected chi connectivity index (χ0v) is 9.22. The van der Waals surface area contributed by atoms with E-state index in [9.17, 15) is 10.2 Å². The van der Waals surface area contributed by atoms with Gasteiger partial charge in [-0.15, -0.1) is 0 Å². The molecule has 0 aromatic heterocycles. The minimum atomic E-state index is 0.270. The van der Waals surface area contributed by atoms with Gasteiger partial charge in [0.15, 0.2) is 0 Å². The molecule has 0 aliphatic heterocycles. The maximum absolute atomic E-state index is 9.54. The molecule has 0 amide bonds. The monoisotopic (exact) mass is 224 g/mol. The number of allylic oxidation sites excluding steroid dienone is 6. The lowest BCUT2D eigenvalue weighted by atomic mass is 9.90. The molecular weight excluding hydrogens is 212 g/mol. The lowest BCUT2D eigenvalue weighted by Gasteiger charge is -2.16. The predicted octanol–water partition coefficient (Wildman–Crippen LogP) is 3.57. The van der Waals surface area contributed by atoms with E-state index in [2.05, 4.69) is 0 Å². The summed E-state index contributed by atoms with van der Waals surface area (Å²) in [7, 11) is 0. The Morgan fingerprint density at radius 3 is 2.76 bits per heavy atom. The zero-order chi connectivity index (χ0) is 11.8. The van der Waals surface area contributed by atoms with Gasteiger partial charge in [0.1, 0.15) is 5.75 Å². The molecule has 0 saturated carbocycles. The molecule has 0 radical (unpaired) electrons. The van der Waals surface area contributed by atoms with E-state index in [1.54, 1.807) is 18.2 Å². The molecule has 2 aliphatic rings. The van der Waals surface area contributed by atoms with Gasteiger partial charge in [-0.05, 0) is 40.5 Å². The van der Waals surface area contributed by atoms with Crippen LogP contribution >= 0.6 is 0 Å². The molecule has 2 nitrogen and oxygen atoms in total. The predicted molar refractivity (Wildman–Crippen MR) is 68.5 cm³/mol. The third-order valence-corrected chi connectivity index (χ3v) is 3.06. The van der Waals surface area contributed by atoms with Crippen molar-refractivity contribution >= 4 is 11.6 Å². The normalized spacial score (nSPS) is 17.3. The highest BCUT2D eigenvalue weighted by Crippen LogP contribution is 2.36. The molecule has 2 N–H and O–H groups in total. The number of hydrogen-bond acceptors (Lipinski definition) is 2. The first-order valence-corrected chi connectivity index (χ1v) is 5.55. The van der Waals surface area contributed by atoms with Crippen LogP contribution < -0.4 is 0 Å². The van der Waals surface area contributed by atoms with Gasteiger partial charge >= 0.3 is 0 Å². The Morgan fingerprint density at radius 2 is 1.88 bits per heavy atom. The van der Waals surface area contributed by atoms with Crippen LogP contribution in [0.4, 0.5) is 0 Å². The van der Waals surface area contributed by atoms with Crippen LogP contribution in [0.15, 0.2) is 53.8 Å². The second-order valence-electron chi connectivity index (χ2n) is 4.24. The number of benzene rings is 1. The maximum atomic E-state index is 9.54. The van der Waals surface area contributed by atoms with Gasteiger partial charge in [0.2, 0.25) is 0 Å². The first-order valence-electron chi connectivity index (χ1n) is 5.55. The fraction of sp³-hybridized carbons (Fsp3) is 0.0667. The first-order chi connectivity index (χ1) is 8.24. The van der Waals surface area contributed by atoms with Crippen molar-refractivity contribution in [2.75, 3.05) is 0 Å². The van der Waals surface area contributed by atoms with E-state index >= 15 is 0 Å². The third-order valence-electron chi connectivity index (χ3n) is 3.06. The van der Waals surface area contributed by atoms with E-state index in [4.69, 9.17) is 0 Å². The van der Waals surface area contributed by atoms with Crippen LogP contribution in [-0.2, 0) is 0 Å². The Morgan fingerprint density at radius 1 is 1.00 bits per heavy atom. The fourth-order valence-electron chi connectivity index (χ4n) is 2.25. The van der Waals surface area contributed by atoms with Crippen LogP contribution in [-0.4, -0.2) is 10.2 Å². The average molecular weight is 224 g/mol. The number of aromatic hydroxyl groups is 1. The van der Waals surface area contributed by atoms with Crippen LogP contribution in [0.5, 0.6) is 5.75 Å². The number of rotatable bonds is 0. The summed E-state index contributed by atoms with van der Waals surface area (Å²) in [5.74, 6) is 0.655. The summed E-state index contributed by atoms with van der Waals surface area (Å²) in [4.78, 5) is 0. The Labute approximate surface area is 99.5 Å². The summed E-state index contributed by atoms with van der Waals surface area (Å²) < 4.78 is 0. The Balaban J connectivity index is 2.22. The molecule has 0 atom stereocenters. The lowest BCUT2D eigenvalue weighted by Crippen LogP contribution is -1.98. The summed E-state index contributed by atoms with van der Waals surface area (Å²) in [5.41, 5.74) is 4.30. The average Bonchev–Trinajstić information content (AvgIpc) is 2.47. The topological polar surface area (TPSA) is 40.5 Å². The van der Waals surface area contributed by atoms with Crippen LogP contribution in [0.3, 0.4) is 0 Å². The van der Waals surface area contributed by atoms with Gasteiger partial charge in [0.05, 0.1) is 5.76 Å². The quantitative estimate of drug-likeness (QED) is 0.707. The molecule has 0 spiro atoms. The van der Waals surface area contributed by atoms with Crippen molar-refractivity contribution in [3.63, 3.8) is 0 Å². The van der Waals surface area contributed by atoms with Crippen molar-refractivity contribution < 1.29 is 10.2 Å². The minimum Gasteiger partial charge on any atom is -0.512 e. The van der Waals surface area contributed by atoms with E-state index in [1.807, 2.05) is 30.4 Å². The molecule has 0 fully saturated rings. The van der Waals surface area contributed by atoms with Crippen LogP contribution in [0.1, 0.15) is 17.5 Å². The molecule has 17 heavy (non-hydrogen) atoms. The first kappa shape index (κ1) is 9.97. The second kappa shape index (κ2) is 3.67. The summed E-state index contributed by atoms with van der Waals surface area (Å²) in [6.45, 7) is 0. The van der Waals surface area contributed by atoms with Gasteiger partial charge in [-0.25, -0.2) is 0 Å². The number of hydrogen-bond donors (Lipinski definition) is 2. The van der Waals surface area contributed by atoms with Crippen molar-refractivity contribution in [2.45, 2.75) is 6.42 Å². The highest BCUT2D eigenvalue weighted by molar-refractivity contribution is 5.88. The SMILES string of the molecule is OC1=CC=C2C(=CC=Cc3cc(O)ccc32)C1. The number of fused-ring (bicyclic) bond motifs is 3. The van der Waals surface area contributed by atoms with Gasteiger partial charge in [0, 0.05) is 6.42 Å². The van der Waals surface area contributed by atoms with Gasteiger partial charge in [-0.3, -0.25) is 0 Å². The van der Waals surface area contributed by atoms with E-state index in [1.165, 1.54) is 0 Å². The molecule has 1 aromatic rings. The molecule has 0 bridgehead atoms. The summed E-state index contributed by atoms with van der Waals surface area (Å²) in [6.07, 6.45) is 10.1. The van der Waals surface area contributed by atoms with Gasteiger partial charge in [-0.1, -0.05) is 30.4 Å². The largest absolute Gasteiger partial charge is 0.512 e. The summed E-state index contributed by atoms with van der Waals surface area (Å²) >= 11 is 0. The molecule has 1 aromatic carbocycles. The second-order valence-corrected chi connectivity index (χ2v) is 4.24. The van der Waals surface area contributed by atoms with E-state index in [-0.39, 0.29) is 5.75 Å². The molecule has 2 aliphatic carbocycles. The molecule has 3 rings (SSSR count). The molecule has 0 saturated heterocycles. The number of aliphatic hydroxyl groups is 1. The smallest absolute Gasteiger partial charge is 0.116 e. The fourth-order valence-corrected chi connectivity index (χ4v) is 2.25. The molecule has 0 heterocycles. The van der Waals surface area contributed by atoms with E-state index < -0.39 is 0 Å². The van der Waals surface area contributed by atoms with Gasteiger partial charge in [-0.2, -0.15) is 0 Å². The number of phenols is 1. The number of aliphatic hydroxyl groups excluding tert-OH is 1. The van der Waals surface area contributed by atoms with Crippen molar-refractivity contribution in [1.82, 2.24) is 0 Å². The highest BCUT2D eigenvalue weighted by Gasteiger charge is 2.17. The third kappa shape index (κ3) is 1.68. The van der Waals surface area contributed by atoms with Crippen LogP contribution in [0.2, 0.25) is 0 Å². The summed E-state index contributed by atoms with van der Waals surface area (Å²) in [6, 6.07) is 5.35. The van der Waals surface area contributed by atoms with E-state index in [0.717, 1.165) is 22.3 Å². The van der Waals surface area contributed by atoms with Gasteiger partial charge < -0.3 is 10.2 Å². The van der Waals surface area contributed by atoms with Crippen molar-refractivity contribution in [2.24, 2.45) is 0 Å². The summed E-state index contributed by atoms with van der Waals surface area (Å²) in [5, 5.41) is 19.0. The molecular formula is C15H12O2. The number of phenolic OH excluding ortho intramolecular Hbond substituents is 1. The highest BCUT2D eigenvalue weighted by atomic mass is 16.3. The zero-order valence-electron chi connectivity index (χ0n) is 9.22. The van der Waals surface area contributed by atoms with Crippen molar-refractivity contribution in [3.05, 3.63) is 65.0 Å². The molecule has 84 valence electrons.